The summed E-state index contributed by atoms with van der Waals surface area (Å²) in [5.41, 5.74) is 0.723. The van der Waals surface area contributed by atoms with Gasteiger partial charge in [0.2, 0.25) is 0 Å². The fourth-order valence-electron chi connectivity index (χ4n) is 5.11. The van der Waals surface area contributed by atoms with Gasteiger partial charge in [0.15, 0.2) is 0 Å². The van der Waals surface area contributed by atoms with E-state index < -0.39 is 5.41 Å². The molecule has 0 N–H and O–H groups in total. The van der Waals surface area contributed by atoms with E-state index in [0.717, 1.165) is 18.5 Å². The molecule has 2 saturated carbocycles. The highest BCUT2D eigenvalue weighted by Gasteiger charge is 2.48. The zero-order valence-corrected chi connectivity index (χ0v) is 17.6. The van der Waals surface area contributed by atoms with E-state index in [0.29, 0.717) is 28.9 Å². The van der Waals surface area contributed by atoms with Crippen molar-refractivity contribution < 1.29 is 13.9 Å². The second-order valence-electron chi connectivity index (χ2n) is 10.4. The van der Waals surface area contributed by atoms with Crippen LogP contribution in [0.2, 0.25) is 0 Å². The van der Waals surface area contributed by atoms with Crippen LogP contribution in [0.25, 0.3) is 0 Å². The van der Waals surface area contributed by atoms with E-state index in [1.54, 1.807) is 6.07 Å². The second-order valence-corrected chi connectivity index (χ2v) is 10.4. The van der Waals surface area contributed by atoms with Gasteiger partial charge in [-0.15, -0.1) is 0 Å². The van der Waals surface area contributed by atoms with Gasteiger partial charge in [0, 0.05) is 12.6 Å². The van der Waals surface area contributed by atoms with E-state index in [1.807, 2.05) is 26.8 Å². The van der Waals surface area contributed by atoms with E-state index in [9.17, 15) is 9.18 Å². The summed E-state index contributed by atoms with van der Waals surface area (Å²) in [6.45, 7) is 8.82. The largest absolute Gasteiger partial charge is 0.426 e. The predicted molar refractivity (Wildman–Crippen MR) is 106 cm³/mol. The summed E-state index contributed by atoms with van der Waals surface area (Å²) in [6.07, 6.45) is 4.90. The average molecular weight is 376 g/mol. The van der Waals surface area contributed by atoms with Gasteiger partial charge < -0.3 is 9.64 Å². The molecule has 0 heterocycles. The molecule has 3 rings (SSSR count). The van der Waals surface area contributed by atoms with Crippen molar-refractivity contribution in [3.63, 3.8) is 0 Å². The fraction of sp³-hybridized carbons (Fsp3) is 0.696. The molecular weight excluding hydrogens is 341 g/mol. The summed E-state index contributed by atoms with van der Waals surface area (Å²) in [5, 5.41) is 0. The topological polar surface area (TPSA) is 29.5 Å². The van der Waals surface area contributed by atoms with Crippen molar-refractivity contribution in [3.8, 4) is 5.75 Å². The van der Waals surface area contributed by atoms with Crippen LogP contribution in [0.5, 0.6) is 5.75 Å². The number of hydrogen-bond acceptors (Lipinski definition) is 3. The lowest BCUT2D eigenvalue weighted by Crippen LogP contribution is -2.37. The fourth-order valence-corrected chi connectivity index (χ4v) is 5.11. The lowest BCUT2D eigenvalue weighted by Gasteiger charge is -2.43. The molecule has 150 valence electrons. The summed E-state index contributed by atoms with van der Waals surface area (Å²) in [7, 11) is 4.23. The molecule has 1 aromatic carbocycles. The molecule has 2 fully saturated rings. The highest BCUT2D eigenvalue weighted by atomic mass is 19.1. The van der Waals surface area contributed by atoms with E-state index in [2.05, 4.69) is 25.9 Å². The van der Waals surface area contributed by atoms with Crippen molar-refractivity contribution in [3.05, 3.63) is 29.6 Å². The molecule has 4 unspecified atom stereocenters. The Bertz CT molecular complexity index is 709. The number of carbonyl (C=O) groups is 1. The Balaban J connectivity index is 1.92. The van der Waals surface area contributed by atoms with Gasteiger partial charge in [0.25, 0.3) is 0 Å². The summed E-state index contributed by atoms with van der Waals surface area (Å²) >= 11 is 0. The predicted octanol–water partition coefficient (Wildman–Crippen LogP) is 5.25. The smallest absolute Gasteiger partial charge is 0.316 e. The van der Waals surface area contributed by atoms with Crippen molar-refractivity contribution in [2.75, 3.05) is 20.6 Å². The quantitative estimate of drug-likeness (QED) is 0.532. The first-order valence-electron chi connectivity index (χ1n) is 10.1. The van der Waals surface area contributed by atoms with Gasteiger partial charge in [-0.05, 0) is 101 Å². The van der Waals surface area contributed by atoms with E-state index in [4.69, 9.17) is 4.74 Å². The first-order valence-corrected chi connectivity index (χ1v) is 10.1. The molecule has 2 aliphatic rings. The van der Waals surface area contributed by atoms with Gasteiger partial charge in [-0.2, -0.15) is 0 Å². The highest BCUT2D eigenvalue weighted by Crippen LogP contribution is 2.58. The zero-order chi connectivity index (χ0) is 20.0. The maximum atomic E-state index is 14.4. The lowest BCUT2D eigenvalue weighted by atomic mass is 9.64. The molecule has 0 spiro atoms. The Morgan fingerprint density at radius 2 is 1.96 bits per heavy atom. The third-order valence-corrected chi connectivity index (χ3v) is 6.43. The van der Waals surface area contributed by atoms with Gasteiger partial charge in [0.1, 0.15) is 11.6 Å². The summed E-state index contributed by atoms with van der Waals surface area (Å²) in [4.78, 5) is 14.5. The highest BCUT2D eigenvalue weighted by molar-refractivity contribution is 5.77. The Morgan fingerprint density at radius 3 is 2.59 bits per heavy atom. The zero-order valence-electron chi connectivity index (χ0n) is 17.6. The number of benzene rings is 1. The number of fused-ring (bicyclic) bond motifs is 2. The van der Waals surface area contributed by atoms with Crippen molar-refractivity contribution in [2.24, 2.45) is 22.7 Å². The number of carbonyl (C=O) groups excluding carboxylic acids is 1. The molecular formula is C23H34FNO2. The van der Waals surface area contributed by atoms with Gasteiger partial charge in [-0.3, -0.25) is 4.79 Å². The van der Waals surface area contributed by atoms with Crippen LogP contribution in [0.3, 0.4) is 0 Å². The van der Waals surface area contributed by atoms with E-state index in [-0.39, 0.29) is 11.8 Å². The number of nitrogens with zero attached hydrogens (tertiary/aromatic N) is 1. The van der Waals surface area contributed by atoms with Gasteiger partial charge in [-0.25, -0.2) is 4.39 Å². The van der Waals surface area contributed by atoms with Gasteiger partial charge in [0.05, 0.1) is 5.41 Å². The summed E-state index contributed by atoms with van der Waals surface area (Å²) < 4.78 is 19.9. The normalized spacial score (nSPS) is 30.6. The summed E-state index contributed by atoms with van der Waals surface area (Å²) in [6, 6.07) is 4.87. The van der Waals surface area contributed by atoms with Crippen LogP contribution in [-0.2, 0) is 4.79 Å². The number of hydrogen-bond donors (Lipinski definition) is 0. The molecule has 0 saturated heterocycles. The van der Waals surface area contributed by atoms with E-state index in [1.165, 1.54) is 25.3 Å². The molecule has 3 nitrogen and oxygen atoms in total. The van der Waals surface area contributed by atoms with Gasteiger partial charge in [-0.1, -0.05) is 6.92 Å². The van der Waals surface area contributed by atoms with Crippen molar-refractivity contribution in [1.82, 2.24) is 4.90 Å². The minimum atomic E-state index is -0.614. The van der Waals surface area contributed by atoms with E-state index >= 15 is 0 Å². The number of esters is 1. The molecule has 2 aliphatic carbocycles. The number of ether oxygens (including phenoxy) is 1. The SMILES string of the molecule is CN(C)CC1C2CCC(C)(C2)CC1c1cc(F)cc(OC(=O)C(C)(C)C)c1. The van der Waals surface area contributed by atoms with Crippen LogP contribution in [0.1, 0.15) is 64.9 Å². The first kappa shape index (κ1) is 20.3. The molecule has 27 heavy (non-hydrogen) atoms. The average Bonchev–Trinajstić information content (AvgIpc) is 2.85. The minimum absolute atomic E-state index is 0.307. The maximum absolute atomic E-state index is 14.4. The first-order chi connectivity index (χ1) is 12.5. The van der Waals surface area contributed by atoms with Crippen LogP contribution in [-0.4, -0.2) is 31.5 Å². The lowest BCUT2D eigenvalue weighted by molar-refractivity contribution is -0.143. The molecule has 0 radical (unpaired) electrons. The maximum Gasteiger partial charge on any atom is 0.316 e. The Hall–Kier alpha value is -1.42. The van der Waals surface area contributed by atoms with Crippen LogP contribution in [0, 0.1) is 28.5 Å². The van der Waals surface area contributed by atoms with Gasteiger partial charge >= 0.3 is 5.97 Å². The third-order valence-electron chi connectivity index (χ3n) is 6.43. The molecule has 1 aromatic rings. The molecule has 2 bridgehead atoms. The number of rotatable bonds is 4. The van der Waals surface area contributed by atoms with Crippen LogP contribution >= 0.6 is 0 Å². The Labute approximate surface area is 163 Å². The molecule has 4 heteroatoms. The monoisotopic (exact) mass is 375 g/mol. The standard InChI is InChI=1S/C23H34FNO2/c1-22(2,3)21(26)27-18-10-16(9-17(24)11-18)19-13-23(4)8-7-15(12-23)20(19)14-25(5)6/h9-11,15,19-20H,7-8,12-14H2,1-6H3. The molecule has 0 amide bonds. The number of halogens is 1. The minimum Gasteiger partial charge on any atom is -0.426 e. The molecule has 0 aromatic heterocycles. The van der Waals surface area contributed by atoms with Crippen LogP contribution < -0.4 is 4.74 Å². The van der Waals surface area contributed by atoms with Crippen LogP contribution in [0.4, 0.5) is 4.39 Å². The van der Waals surface area contributed by atoms with Crippen molar-refractivity contribution in [2.45, 2.75) is 59.3 Å². The van der Waals surface area contributed by atoms with Crippen LogP contribution in [0.15, 0.2) is 18.2 Å². The third kappa shape index (κ3) is 4.53. The second kappa shape index (κ2) is 7.20. The summed E-state index contributed by atoms with van der Waals surface area (Å²) in [5.74, 6) is 1.19. The molecule has 4 atom stereocenters. The molecule has 0 aliphatic heterocycles. The van der Waals surface area contributed by atoms with Crippen molar-refractivity contribution >= 4 is 5.97 Å². The van der Waals surface area contributed by atoms with Crippen molar-refractivity contribution in [1.29, 1.82) is 0 Å². The Morgan fingerprint density at radius 1 is 1.26 bits per heavy atom. The Kier molecular flexibility index (Phi) is 5.42.